The van der Waals surface area contributed by atoms with Crippen molar-refractivity contribution in [1.29, 1.82) is 5.41 Å². The monoisotopic (exact) mass is 436 g/mol. The van der Waals surface area contributed by atoms with Crippen LogP contribution in [0.15, 0.2) is 60.7 Å². The number of nitrogens with two attached hydrogens (primary N) is 1. The van der Waals surface area contributed by atoms with Crippen LogP contribution in [0.5, 0.6) is 0 Å². The molecule has 0 fully saturated rings. The van der Waals surface area contributed by atoms with Crippen molar-refractivity contribution in [3.63, 3.8) is 0 Å². The lowest BCUT2D eigenvalue weighted by molar-refractivity contribution is 0.0686. The Morgan fingerprint density at radius 1 is 1.10 bits per heavy atom. The highest BCUT2D eigenvalue weighted by molar-refractivity contribution is 7.92. The topological polar surface area (TPSA) is 138 Å². The first-order valence-electron chi connectivity index (χ1n) is 9.33. The third-order valence-electron chi connectivity index (χ3n) is 5.01. The van der Waals surface area contributed by atoms with Gasteiger partial charge in [-0.1, -0.05) is 36.4 Å². The lowest BCUT2D eigenvalue weighted by atomic mass is 10.0. The first-order valence-corrected chi connectivity index (χ1v) is 11.2. The van der Waals surface area contributed by atoms with E-state index in [4.69, 9.17) is 11.1 Å². The van der Waals surface area contributed by atoms with Crippen LogP contribution in [0.3, 0.4) is 0 Å². The first-order chi connectivity index (χ1) is 14.6. The number of nitrogens with one attached hydrogen (secondary N) is 2. The summed E-state index contributed by atoms with van der Waals surface area (Å²) in [4.78, 5) is 11.9. The highest BCUT2D eigenvalue weighted by Crippen LogP contribution is 2.28. The molecular formula is C22H20N4O4S. The zero-order chi connectivity index (χ0) is 22.3. The summed E-state index contributed by atoms with van der Waals surface area (Å²) in [5, 5.41) is 19.9. The molecule has 5 N–H and O–H groups in total. The zero-order valence-electron chi connectivity index (χ0n) is 16.6. The second kappa shape index (κ2) is 7.44. The van der Waals surface area contributed by atoms with Crippen molar-refractivity contribution in [2.45, 2.75) is 6.54 Å². The van der Waals surface area contributed by atoms with Crippen LogP contribution in [-0.4, -0.2) is 36.2 Å². The number of aromatic carboxylic acids is 1. The lowest BCUT2D eigenvalue weighted by Crippen LogP contribution is -2.13. The molecule has 9 heteroatoms. The van der Waals surface area contributed by atoms with Gasteiger partial charge in [-0.25, -0.2) is 13.2 Å². The van der Waals surface area contributed by atoms with E-state index < -0.39 is 16.0 Å². The van der Waals surface area contributed by atoms with E-state index in [0.29, 0.717) is 22.2 Å². The van der Waals surface area contributed by atoms with Gasteiger partial charge < -0.3 is 15.4 Å². The van der Waals surface area contributed by atoms with Gasteiger partial charge in [-0.15, -0.1) is 0 Å². The lowest BCUT2D eigenvalue weighted by Gasteiger charge is -2.14. The van der Waals surface area contributed by atoms with Gasteiger partial charge in [0.1, 0.15) is 11.5 Å². The predicted molar refractivity (Wildman–Crippen MR) is 121 cm³/mol. The molecule has 8 nitrogen and oxygen atoms in total. The molecule has 0 saturated heterocycles. The Kier molecular flexibility index (Phi) is 4.90. The van der Waals surface area contributed by atoms with Crippen LogP contribution in [0.2, 0.25) is 0 Å². The minimum absolute atomic E-state index is 0.0845. The zero-order valence-corrected chi connectivity index (χ0v) is 17.4. The average Bonchev–Trinajstić information content (AvgIpc) is 3.04. The number of benzene rings is 3. The number of aromatic nitrogens is 1. The standard InChI is InChI=1S/C22H20N4O4S/c1-31(29,30)25-17-8-13-4-2-3-5-18(13)16(9-17)12-26-19-11-15(21(23)24)7-6-14(19)10-20(26)22(27)28/h2-11,25H,12H2,1H3,(H3,23,24)(H,27,28). The largest absolute Gasteiger partial charge is 0.477 e. The first kappa shape index (κ1) is 20.4. The molecule has 0 aliphatic carbocycles. The fourth-order valence-corrected chi connectivity index (χ4v) is 4.28. The number of hydrogen-bond acceptors (Lipinski definition) is 4. The molecule has 31 heavy (non-hydrogen) atoms. The molecule has 0 bridgehead atoms. The van der Waals surface area contributed by atoms with Gasteiger partial charge in [0.25, 0.3) is 0 Å². The van der Waals surface area contributed by atoms with Crippen LogP contribution in [0.4, 0.5) is 5.69 Å². The molecule has 0 amide bonds. The Morgan fingerprint density at radius 3 is 2.52 bits per heavy atom. The molecular weight excluding hydrogens is 416 g/mol. The van der Waals surface area contributed by atoms with Crippen molar-refractivity contribution >= 4 is 49.2 Å². The Bertz CT molecular complexity index is 1470. The quantitative estimate of drug-likeness (QED) is 0.272. The third-order valence-corrected chi connectivity index (χ3v) is 5.62. The fourth-order valence-electron chi connectivity index (χ4n) is 3.73. The van der Waals surface area contributed by atoms with Gasteiger partial charge in [0, 0.05) is 28.7 Å². The van der Waals surface area contributed by atoms with Crippen LogP contribution in [0.1, 0.15) is 21.6 Å². The molecule has 0 radical (unpaired) electrons. The number of carboxylic acid groups (broad SMARTS) is 1. The van der Waals surface area contributed by atoms with E-state index >= 15 is 0 Å². The van der Waals surface area contributed by atoms with Crippen molar-refractivity contribution in [3.05, 3.63) is 77.5 Å². The summed E-state index contributed by atoms with van der Waals surface area (Å²) in [6.45, 7) is 0.187. The maximum absolute atomic E-state index is 11.9. The second-order valence-corrected chi connectivity index (χ2v) is 9.09. The predicted octanol–water partition coefficient (Wildman–Crippen LogP) is 3.20. The number of fused-ring (bicyclic) bond motifs is 2. The summed E-state index contributed by atoms with van der Waals surface area (Å²) in [6, 6.07) is 17.6. The number of nitrogen functional groups attached to an aromatic ring is 1. The molecule has 4 rings (SSSR count). The molecule has 0 atom stereocenters. The van der Waals surface area contributed by atoms with Gasteiger partial charge in [-0.05, 0) is 40.6 Å². The summed E-state index contributed by atoms with van der Waals surface area (Å²) in [7, 11) is -3.48. The molecule has 1 heterocycles. The normalized spacial score (nSPS) is 11.6. The average molecular weight is 436 g/mol. The SMILES string of the molecule is CS(=O)(=O)Nc1cc(Cn2c(C(=O)O)cc3ccc(C(=N)N)cc32)c2ccccc2c1. The maximum atomic E-state index is 11.9. The molecule has 0 aliphatic rings. The van der Waals surface area contributed by atoms with Crippen LogP contribution in [0.25, 0.3) is 21.7 Å². The van der Waals surface area contributed by atoms with Gasteiger partial charge in [0.05, 0.1) is 6.26 Å². The number of carbonyl (C=O) groups is 1. The molecule has 1 aromatic heterocycles. The van der Waals surface area contributed by atoms with Crippen molar-refractivity contribution < 1.29 is 18.3 Å². The smallest absolute Gasteiger partial charge is 0.352 e. The van der Waals surface area contributed by atoms with E-state index in [0.717, 1.165) is 22.6 Å². The van der Waals surface area contributed by atoms with Crippen LogP contribution in [0, 0.1) is 5.41 Å². The van der Waals surface area contributed by atoms with E-state index in [-0.39, 0.29) is 18.1 Å². The highest BCUT2D eigenvalue weighted by atomic mass is 32.2. The molecule has 0 aliphatic heterocycles. The van der Waals surface area contributed by atoms with Crippen LogP contribution in [-0.2, 0) is 16.6 Å². The molecule has 4 aromatic rings. The van der Waals surface area contributed by atoms with E-state index in [1.165, 1.54) is 0 Å². The van der Waals surface area contributed by atoms with Gasteiger partial charge >= 0.3 is 5.97 Å². The second-order valence-electron chi connectivity index (χ2n) is 7.34. The Hall–Kier alpha value is -3.85. The number of sulfonamides is 1. The number of carboxylic acids is 1. The van der Waals surface area contributed by atoms with Gasteiger partial charge in [0.15, 0.2) is 0 Å². The van der Waals surface area contributed by atoms with E-state index in [2.05, 4.69) is 4.72 Å². The Labute approximate surface area is 178 Å². The fraction of sp³-hybridized carbons (Fsp3) is 0.0909. The van der Waals surface area contributed by atoms with Crippen molar-refractivity contribution in [2.75, 3.05) is 11.0 Å². The number of nitrogens with zero attached hydrogens (tertiary/aromatic N) is 1. The summed E-state index contributed by atoms with van der Waals surface area (Å²) < 4.78 is 27.6. The van der Waals surface area contributed by atoms with E-state index in [1.807, 2.05) is 24.3 Å². The third kappa shape index (κ3) is 4.08. The minimum atomic E-state index is -3.48. The minimum Gasteiger partial charge on any atom is -0.477 e. The highest BCUT2D eigenvalue weighted by Gasteiger charge is 2.17. The van der Waals surface area contributed by atoms with Gasteiger partial charge in [-0.3, -0.25) is 10.1 Å². The summed E-state index contributed by atoms with van der Waals surface area (Å²) >= 11 is 0. The van der Waals surface area contributed by atoms with Crippen molar-refractivity contribution in [1.82, 2.24) is 4.57 Å². The Morgan fingerprint density at radius 2 is 1.84 bits per heavy atom. The number of rotatable bonds is 6. The van der Waals surface area contributed by atoms with E-state index in [9.17, 15) is 18.3 Å². The molecule has 0 saturated carbocycles. The molecule has 3 aromatic carbocycles. The van der Waals surface area contributed by atoms with Crippen molar-refractivity contribution in [3.8, 4) is 0 Å². The van der Waals surface area contributed by atoms with Gasteiger partial charge in [0.2, 0.25) is 10.0 Å². The number of hydrogen-bond donors (Lipinski definition) is 4. The Balaban J connectivity index is 1.94. The maximum Gasteiger partial charge on any atom is 0.352 e. The number of anilines is 1. The molecule has 158 valence electrons. The van der Waals surface area contributed by atoms with E-state index in [1.54, 1.807) is 41.0 Å². The summed E-state index contributed by atoms with van der Waals surface area (Å²) in [6.07, 6.45) is 1.08. The summed E-state index contributed by atoms with van der Waals surface area (Å²) in [5.74, 6) is -1.20. The summed E-state index contributed by atoms with van der Waals surface area (Å²) in [5.41, 5.74) is 7.96. The van der Waals surface area contributed by atoms with Gasteiger partial charge in [-0.2, -0.15) is 0 Å². The number of amidine groups is 1. The van der Waals surface area contributed by atoms with Crippen LogP contribution >= 0.6 is 0 Å². The molecule has 0 spiro atoms. The molecule has 0 unspecified atom stereocenters. The van der Waals surface area contributed by atoms with Crippen molar-refractivity contribution in [2.24, 2.45) is 5.73 Å². The van der Waals surface area contributed by atoms with Crippen LogP contribution < -0.4 is 10.5 Å².